The lowest BCUT2D eigenvalue weighted by atomic mass is 10.4. The molecule has 0 spiro atoms. The van der Waals surface area contributed by atoms with Crippen LogP contribution < -0.4 is 0 Å². The molecule has 0 amide bonds. The average molecular weight is 215 g/mol. The quantitative estimate of drug-likeness (QED) is 0.678. The summed E-state index contributed by atoms with van der Waals surface area (Å²) in [7, 11) is 0. The smallest absolute Gasteiger partial charge is 0.296 e. The van der Waals surface area contributed by atoms with Crippen LogP contribution in [0, 0.1) is 0 Å². The Hall–Kier alpha value is -1.92. The molecule has 0 bridgehead atoms. The van der Waals surface area contributed by atoms with Crippen LogP contribution in [-0.4, -0.2) is 20.9 Å². The third-order valence-electron chi connectivity index (χ3n) is 1.80. The van der Waals surface area contributed by atoms with Gasteiger partial charge in [-0.1, -0.05) is 0 Å². The first-order valence-corrected chi connectivity index (χ1v) is 3.89. The Kier molecular flexibility index (Phi) is 1.95. The van der Waals surface area contributed by atoms with Gasteiger partial charge in [-0.25, -0.2) is 9.50 Å². The number of hydrogen-bond acceptors (Lipinski definition) is 3. The molecule has 0 saturated heterocycles. The third-order valence-corrected chi connectivity index (χ3v) is 1.80. The predicted molar refractivity (Wildman–Crippen MR) is 43.4 cm³/mol. The van der Waals surface area contributed by atoms with Crippen molar-refractivity contribution in [2.45, 2.75) is 6.18 Å². The van der Waals surface area contributed by atoms with Crippen LogP contribution >= 0.6 is 0 Å². The molecule has 0 saturated carbocycles. The predicted octanol–water partition coefficient (Wildman–Crippen LogP) is 1.56. The first-order valence-electron chi connectivity index (χ1n) is 3.89. The van der Waals surface area contributed by atoms with E-state index >= 15 is 0 Å². The van der Waals surface area contributed by atoms with Gasteiger partial charge in [0.25, 0.3) is 0 Å². The topological polar surface area (TPSA) is 47.3 Å². The number of carbonyl (C=O) groups excluding carboxylic acids is 1. The van der Waals surface area contributed by atoms with Gasteiger partial charge < -0.3 is 0 Å². The fourth-order valence-electron chi connectivity index (χ4n) is 1.12. The molecule has 0 aliphatic rings. The summed E-state index contributed by atoms with van der Waals surface area (Å²) in [5, 5.41) is 3.28. The zero-order valence-corrected chi connectivity index (χ0v) is 7.19. The Morgan fingerprint density at radius 2 is 2.07 bits per heavy atom. The van der Waals surface area contributed by atoms with Gasteiger partial charge in [0.15, 0.2) is 17.6 Å². The van der Waals surface area contributed by atoms with Gasteiger partial charge >= 0.3 is 6.18 Å². The van der Waals surface area contributed by atoms with E-state index in [1.54, 1.807) is 0 Å². The number of alkyl halides is 3. The van der Waals surface area contributed by atoms with Crippen LogP contribution in [0.25, 0.3) is 5.65 Å². The van der Waals surface area contributed by atoms with Crippen molar-refractivity contribution >= 4 is 11.9 Å². The number of hydrogen-bond donors (Lipinski definition) is 0. The SMILES string of the molecule is O=Cc1cnc2ccc(C(F)(F)F)nn12. The van der Waals surface area contributed by atoms with Gasteiger partial charge in [-0.2, -0.15) is 18.3 Å². The maximum atomic E-state index is 12.3. The summed E-state index contributed by atoms with van der Waals surface area (Å²) in [6.45, 7) is 0. The summed E-state index contributed by atoms with van der Waals surface area (Å²) in [5.41, 5.74) is -0.877. The van der Waals surface area contributed by atoms with Crippen LogP contribution in [0.1, 0.15) is 16.2 Å². The highest BCUT2D eigenvalue weighted by atomic mass is 19.4. The molecule has 2 aromatic rings. The van der Waals surface area contributed by atoms with E-state index in [-0.39, 0.29) is 11.3 Å². The lowest BCUT2D eigenvalue weighted by Crippen LogP contribution is -2.11. The van der Waals surface area contributed by atoms with Gasteiger partial charge in [0.2, 0.25) is 0 Å². The monoisotopic (exact) mass is 215 g/mol. The van der Waals surface area contributed by atoms with Crippen molar-refractivity contribution in [1.29, 1.82) is 0 Å². The van der Waals surface area contributed by atoms with Crippen LogP contribution in [0.2, 0.25) is 0 Å². The summed E-state index contributed by atoms with van der Waals surface area (Å²) in [6, 6.07) is 1.97. The minimum absolute atomic E-state index is 0.0175. The van der Waals surface area contributed by atoms with Crippen LogP contribution in [0.5, 0.6) is 0 Å². The molecule has 2 heterocycles. The fraction of sp³-hybridized carbons (Fsp3) is 0.125. The van der Waals surface area contributed by atoms with Gasteiger partial charge in [0, 0.05) is 0 Å². The molecule has 0 aliphatic heterocycles. The molecule has 78 valence electrons. The van der Waals surface area contributed by atoms with Crippen molar-refractivity contribution in [1.82, 2.24) is 14.6 Å². The number of carbonyl (C=O) groups is 1. The average Bonchev–Trinajstić information content (AvgIpc) is 2.57. The van der Waals surface area contributed by atoms with E-state index in [9.17, 15) is 18.0 Å². The van der Waals surface area contributed by atoms with Crippen molar-refractivity contribution in [3.05, 3.63) is 29.7 Å². The van der Waals surface area contributed by atoms with Gasteiger partial charge in [-0.05, 0) is 12.1 Å². The van der Waals surface area contributed by atoms with Crippen LogP contribution in [0.3, 0.4) is 0 Å². The molecule has 2 rings (SSSR count). The number of nitrogens with zero attached hydrogens (tertiary/aromatic N) is 3. The number of fused-ring (bicyclic) bond motifs is 1. The first-order chi connectivity index (χ1) is 7.02. The van der Waals surface area contributed by atoms with E-state index in [2.05, 4.69) is 10.1 Å². The Bertz CT molecular complexity index is 517. The van der Waals surface area contributed by atoms with Gasteiger partial charge in [0.1, 0.15) is 5.69 Å². The number of imidazole rings is 1. The molecular formula is C8H4F3N3O. The highest BCUT2D eigenvalue weighted by Crippen LogP contribution is 2.27. The van der Waals surface area contributed by atoms with E-state index in [0.717, 1.165) is 22.8 Å². The van der Waals surface area contributed by atoms with Gasteiger partial charge in [-0.3, -0.25) is 4.79 Å². The van der Waals surface area contributed by atoms with Crippen molar-refractivity contribution in [2.75, 3.05) is 0 Å². The van der Waals surface area contributed by atoms with E-state index in [1.807, 2.05) is 0 Å². The summed E-state index contributed by atoms with van der Waals surface area (Å²) in [5.74, 6) is 0. The van der Waals surface area contributed by atoms with Gasteiger partial charge in [0.05, 0.1) is 6.20 Å². The van der Waals surface area contributed by atoms with Crippen molar-refractivity contribution in [2.24, 2.45) is 0 Å². The van der Waals surface area contributed by atoms with Crippen molar-refractivity contribution in [3.63, 3.8) is 0 Å². The largest absolute Gasteiger partial charge is 0.435 e. The number of rotatable bonds is 1. The second kappa shape index (κ2) is 3.04. The van der Waals surface area contributed by atoms with E-state index < -0.39 is 11.9 Å². The molecule has 0 unspecified atom stereocenters. The molecule has 7 heteroatoms. The molecule has 0 fully saturated rings. The zero-order valence-electron chi connectivity index (χ0n) is 7.19. The van der Waals surface area contributed by atoms with Crippen LogP contribution in [0.4, 0.5) is 13.2 Å². The molecule has 0 atom stereocenters. The highest BCUT2D eigenvalue weighted by Gasteiger charge is 2.33. The fourth-order valence-corrected chi connectivity index (χ4v) is 1.12. The minimum atomic E-state index is -4.53. The number of aromatic nitrogens is 3. The molecule has 0 N–H and O–H groups in total. The van der Waals surface area contributed by atoms with Crippen LogP contribution in [-0.2, 0) is 6.18 Å². The standard InChI is InChI=1S/C8H4F3N3O/c9-8(10,11)6-1-2-7-12-3-5(4-15)14(7)13-6/h1-4H. The van der Waals surface area contributed by atoms with E-state index in [0.29, 0.717) is 6.29 Å². The number of aldehydes is 1. The maximum absolute atomic E-state index is 12.3. The molecule has 2 aromatic heterocycles. The highest BCUT2D eigenvalue weighted by molar-refractivity contribution is 5.73. The lowest BCUT2D eigenvalue weighted by Gasteiger charge is -2.05. The third kappa shape index (κ3) is 1.56. The minimum Gasteiger partial charge on any atom is -0.296 e. The summed E-state index contributed by atoms with van der Waals surface area (Å²) in [4.78, 5) is 14.2. The molecule has 15 heavy (non-hydrogen) atoms. The molecule has 0 aromatic carbocycles. The summed E-state index contributed by atoms with van der Waals surface area (Å²) >= 11 is 0. The molecule has 0 aliphatic carbocycles. The van der Waals surface area contributed by atoms with Gasteiger partial charge in [-0.15, -0.1) is 0 Å². The second-order valence-electron chi connectivity index (χ2n) is 2.79. The van der Waals surface area contributed by atoms with E-state index in [1.165, 1.54) is 0 Å². The van der Waals surface area contributed by atoms with Crippen molar-refractivity contribution < 1.29 is 18.0 Å². The Balaban J connectivity index is 2.68. The zero-order chi connectivity index (χ0) is 11.1. The van der Waals surface area contributed by atoms with Crippen LogP contribution in [0.15, 0.2) is 18.3 Å². The Morgan fingerprint density at radius 1 is 1.33 bits per heavy atom. The van der Waals surface area contributed by atoms with E-state index in [4.69, 9.17) is 0 Å². The summed E-state index contributed by atoms with van der Waals surface area (Å²) in [6.07, 6.45) is -2.97. The Labute approximate surface area is 81.3 Å². The lowest BCUT2D eigenvalue weighted by molar-refractivity contribution is -0.141. The normalized spacial score (nSPS) is 11.9. The van der Waals surface area contributed by atoms with Crippen molar-refractivity contribution in [3.8, 4) is 0 Å². The maximum Gasteiger partial charge on any atom is 0.435 e. The Morgan fingerprint density at radius 3 is 2.67 bits per heavy atom. The molecule has 4 nitrogen and oxygen atoms in total. The summed E-state index contributed by atoms with van der Waals surface area (Å²) < 4.78 is 37.7. The second-order valence-corrected chi connectivity index (χ2v) is 2.79. The number of halogens is 3. The molecule has 0 radical (unpaired) electrons. The molecular weight excluding hydrogens is 211 g/mol. The first kappa shape index (κ1) is 9.63.